The summed E-state index contributed by atoms with van der Waals surface area (Å²) in [5.74, 6) is 0.0231. The average Bonchev–Trinajstić information content (AvgIpc) is 2.76. The van der Waals surface area contributed by atoms with Crippen molar-refractivity contribution in [2.75, 3.05) is 10.2 Å². The van der Waals surface area contributed by atoms with E-state index in [1.54, 1.807) is 0 Å². The maximum absolute atomic E-state index is 11.9. The predicted molar refractivity (Wildman–Crippen MR) is 80.3 cm³/mol. The van der Waals surface area contributed by atoms with Gasteiger partial charge in [-0.2, -0.15) is 0 Å². The molecule has 0 bridgehead atoms. The Morgan fingerprint density at radius 2 is 2.30 bits per heavy atom. The van der Waals surface area contributed by atoms with Crippen molar-refractivity contribution < 1.29 is 4.79 Å². The molecular formula is C13H13ClN4OS. The maximum atomic E-state index is 11.9. The molecule has 0 saturated heterocycles. The minimum Gasteiger partial charge on any atom is -0.361 e. The smallest absolute Gasteiger partial charge is 0.226 e. The number of anilines is 2. The van der Waals surface area contributed by atoms with E-state index in [9.17, 15) is 4.79 Å². The third-order valence-corrected chi connectivity index (χ3v) is 4.31. The highest BCUT2D eigenvalue weighted by Crippen LogP contribution is 2.33. The van der Waals surface area contributed by atoms with E-state index >= 15 is 0 Å². The van der Waals surface area contributed by atoms with Gasteiger partial charge in [0.25, 0.3) is 0 Å². The highest BCUT2D eigenvalue weighted by atomic mass is 35.5. The van der Waals surface area contributed by atoms with Crippen LogP contribution >= 0.6 is 23.1 Å². The first-order valence-electron chi connectivity index (χ1n) is 6.27. The number of hydrogen-bond acceptors (Lipinski definition) is 5. The van der Waals surface area contributed by atoms with Gasteiger partial charge in [-0.25, -0.2) is 0 Å². The molecule has 7 heteroatoms. The van der Waals surface area contributed by atoms with Gasteiger partial charge >= 0.3 is 0 Å². The topological polar surface area (TPSA) is 58.1 Å². The summed E-state index contributed by atoms with van der Waals surface area (Å²) >= 11 is 7.26. The van der Waals surface area contributed by atoms with Gasteiger partial charge in [-0.1, -0.05) is 28.2 Å². The van der Waals surface area contributed by atoms with Crippen LogP contribution in [0.4, 0.5) is 11.4 Å². The first-order chi connectivity index (χ1) is 9.65. The van der Waals surface area contributed by atoms with E-state index in [2.05, 4.69) is 19.8 Å². The number of hydrogen-bond donors (Lipinski definition) is 1. The number of amides is 1. The van der Waals surface area contributed by atoms with Crippen LogP contribution in [-0.2, 0) is 11.3 Å². The summed E-state index contributed by atoms with van der Waals surface area (Å²) < 4.78 is 4.45. The molecule has 1 atom stereocenters. The Hall–Kier alpha value is -1.66. The van der Waals surface area contributed by atoms with Gasteiger partial charge in [0.05, 0.1) is 17.9 Å². The van der Waals surface area contributed by atoms with Crippen molar-refractivity contribution in [1.82, 2.24) is 9.59 Å². The Kier molecular flexibility index (Phi) is 3.58. The second kappa shape index (κ2) is 5.38. The largest absolute Gasteiger partial charge is 0.361 e. The first-order valence-corrected chi connectivity index (χ1v) is 7.42. The molecule has 0 fully saturated rings. The minimum atomic E-state index is 0.0231. The Bertz CT molecular complexity index is 645. The van der Waals surface area contributed by atoms with Crippen molar-refractivity contribution in [2.45, 2.75) is 25.9 Å². The van der Waals surface area contributed by atoms with Crippen LogP contribution in [0.25, 0.3) is 0 Å². The van der Waals surface area contributed by atoms with E-state index < -0.39 is 0 Å². The number of fused-ring (bicyclic) bond motifs is 1. The zero-order valence-corrected chi connectivity index (χ0v) is 12.4. The van der Waals surface area contributed by atoms with Crippen molar-refractivity contribution in [1.29, 1.82) is 0 Å². The van der Waals surface area contributed by atoms with Crippen LogP contribution in [-0.4, -0.2) is 21.5 Å². The number of carbonyl (C=O) groups excluding carboxylic acids is 1. The van der Waals surface area contributed by atoms with Gasteiger partial charge in [0.1, 0.15) is 10.0 Å². The molecule has 1 aliphatic rings. The fourth-order valence-electron chi connectivity index (χ4n) is 2.34. The molecule has 0 radical (unpaired) electrons. The van der Waals surface area contributed by atoms with E-state index in [-0.39, 0.29) is 11.9 Å². The van der Waals surface area contributed by atoms with Gasteiger partial charge < -0.3 is 10.2 Å². The maximum Gasteiger partial charge on any atom is 0.226 e. The van der Waals surface area contributed by atoms with Gasteiger partial charge in [0.2, 0.25) is 5.91 Å². The van der Waals surface area contributed by atoms with Gasteiger partial charge in [0, 0.05) is 24.0 Å². The lowest BCUT2D eigenvalue weighted by Gasteiger charge is -2.29. The number of carbonyl (C=O) groups is 1. The fourth-order valence-corrected chi connectivity index (χ4v) is 2.95. The van der Waals surface area contributed by atoms with Crippen LogP contribution in [0.1, 0.15) is 19.0 Å². The summed E-state index contributed by atoms with van der Waals surface area (Å²) in [6, 6.07) is 7.82. The molecule has 3 rings (SSSR count). The molecule has 20 heavy (non-hydrogen) atoms. The Morgan fingerprint density at radius 1 is 1.50 bits per heavy atom. The normalized spacial score (nSPS) is 18.4. The van der Waals surface area contributed by atoms with Crippen LogP contribution in [0.3, 0.4) is 0 Å². The monoisotopic (exact) mass is 308 g/mol. The third-order valence-electron chi connectivity index (χ3n) is 3.33. The van der Waals surface area contributed by atoms with E-state index in [1.165, 1.54) is 11.5 Å². The van der Waals surface area contributed by atoms with E-state index in [0.29, 0.717) is 17.3 Å². The van der Waals surface area contributed by atoms with Crippen LogP contribution in [0.2, 0.25) is 4.34 Å². The highest BCUT2D eigenvalue weighted by Gasteiger charge is 2.26. The Labute approximate surface area is 125 Å². The lowest BCUT2D eigenvalue weighted by Crippen LogP contribution is -2.33. The number of rotatable bonds is 2. The van der Waals surface area contributed by atoms with Crippen molar-refractivity contribution >= 4 is 40.4 Å². The number of nitrogens with one attached hydrogen (secondary N) is 1. The molecule has 1 N–H and O–H groups in total. The quantitative estimate of drug-likeness (QED) is 0.926. The highest BCUT2D eigenvalue weighted by molar-refractivity contribution is 7.10. The van der Waals surface area contributed by atoms with Crippen molar-refractivity contribution in [2.24, 2.45) is 0 Å². The van der Waals surface area contributed by atoms with Gasteiger partial charge in [-0.3, -0.25) is 4.79 Å². The van der Waals surface area contributed by atoms with Crippen molar-refractivity contribution in [3.8, 4) is 0 Å². The molecule has 2 heterocycles. The molecule has 1 unspecified atom stereocenters. The van der Waals surface area contributed by atoms with Crippen LogP contribution in [0.15, 0.2) is 24.3 Å². The van der Waals surface area contributed by atoms with Crippen LogP contribution < -0.4 is 10.2 Å². The number of aromatic nitrogens is 2. The Morgan fingerprint density at radius 3 is 3.05 bits per heavy atom. The molecule has 104 valence electrons. The van der Waals surface area contributed by atoms with E-state index in [1.807, 2.05) is 31.2 Å². The molecule has 1 aromatic carbocycles. The Balaban J connectivity index is 1.99. The van der Waals surface area contributed by atoms with Crippen molar-refractivity contribution in [3.63, 3.8) is 0 Å². The van der Waals surface area contributed by atoms with Crippen LogP contribution in [0, 0.1) is 0 Å². The molecule has 2 aromatic rings. The molecule has 1 aromatic heterocycles. The summed E-state index contributed by atoms with van der Waals surface area (Å²) in [4.78, 5) is 14.0. The predicted octanol–water partition coefficient (Wildman–Crippen LogP) is 2.93. The summed E-state index contributed by atoms with van der Waals surface area (Å²) in [5, 5.41) is 6.99. The summed E-state index contributed by atoms with van der Waals surface area (Å²) in [6.07, 6.45) is 0.434. The molecule has 0 aliphatic carbocycles. The van der Waals surface area contributed by atoms with Crippen molar-refractivity contribution in [3.05, 3.63) is 34.3 Å². The first kappa shape index (κ1) is 13.3. The summed E-state index contributed by atoms with van der Waals surface area (Å²) in [6.45, 7) is 2.57. The fraction of sp³-hybridized carbons (Fsp3) is 0.308. The molecular weight excluding hydrogens is 296 g/mol. The number of benzene rings is 1. The number of nitrogens with zero attached hydrogens (tertiary/aromatic N) is 3. The minimum absolute atomic E-state index is 0.0231. The second-order valence-corrected chi connectivity index (χ2v) is 6.10. The lowest BCUT2D eigenvalue weighted by molar-refractivity contribution is -0.116. The van der Waals surface area contributed by atoms with E-state index in [0.717, 1.165) is 17.1 Å². The van der Waals surface area contributed by atoms with Gasteiger partial charge in [-0.05, 0) is 19.1 Å². The molecule has 0 saturated carbocycles. The summed E-state index contributed by atoms with van der Waals surface area (Å²) in [5.41, 5.74) is 2.55. The molecule has 5 nitrogen and oxygen atoms in total. The van der Waals surface area contributed by atoms with Gasteiger partial charge in [0.15, 0.2) is 0 Å². The second-order valence-electron chi connectivity index (χ2n) is 4.74. The zero-order chi connectivity index (χ0) is 14.1. The third kappa shape index (κ3) is 2.48. The zero-order valence-electron chi connectivity index (χ0n) is 10.8. The lowest BCUT2D eigenvalue weighted by atomic mass is 10.1. The molecule has 1 amide bonds. The summed E-state index contributed by atoms with van der Waals surface area (Å²) in [7, 11) is 0. The average molecular weight is 309 g/mol. The van der Waals surface area contributed by atoms with E-state index in [4.69, 9.17) is 11.6 Å². The van der Waals surface area contributed by atoms with Crippen LogP contribution in [0.5, 0.6) is 0 Å². The molecule has 1 aliphatic heterocycles. The number of para-hydroxylation sites is 2. The molecule has 0 spiro atoms. The SMILES string of the molecule is CC1CC(=O)Nc2ccccc2N1Cc1nnsc1Cl. The van der Waals surface area contributed by atoms with Gasteiger partial charge in [-0.15, -0.1) is 5.10 Å². The number of halogens is 1. The standard InChI is InChI=1S/C13H13ClN4OS/c1-8-6-12(19)15-9-4-2-3-5-11(9)18(8)7-10-13(14)20-17-16-10/h2-5,8H,6-7H2,1H3,(H,15,19).